The quantitative estimate of drug-likeness (QED) is 0.601. The lowest BCUT2D eigenvalue weighted by atomic mass is 10.4. The summed E-state index contributed by atoms with van der Waals surface area (Å²) in [5.41, 5.74) is 6.31. The Bertz CT molecular complexity index is 391. The molecule has 0 aliphatic carbocycles. The second kappa shape index (κ2) is 4.25. The van der Waals surface area contributed by atoms with Crippen molar-refractivity contribution in [1.29, 1.82) is 0 Å². The van der Waals surface area contributed by atoms with E-state index in [0.29, 0.717) is 5.82 Å². The second-order valence-electron chi connectivity index (χ2n) is 2.41. The maximum atomic E-state index is 5.53. The third-order valence-corrected chi connectivity index (χ3v) is 1.38. The number of nitrogens with two attached hydrogens (primary N) is 1. The summed E-state index contributed by atoms with van der Waals surface area (Å²) in [4.78, 5) is 10.7. The molecule has 0 unspecified atom stereocenters. The van der Waals surface area contributed by atoms with E-state index < -0.39 is 0 Å². The molecule has 4 nitrogen and oxygen atoms in total. The highest BCUT2D eigenvalue weighted by Gasteiger charge is 1.97. The lowest BCUT2D eigenvalue weighted by Crippen LogP contribution is -1.90. The van der Waals surface area contributed by atoms with Crippen LogP contribution in [0.4, 0.5) is 5.82 Å². The van der Waals surface area contributed by atoms with Gasteiger partial charge in [0.15, 0.2) is 0 Å². The SMILES string of the molecule is C=CC.Nc1ncnc2[nH]ccc12. The molecule has 3 N–H and O–H groups in total. The normalized spacial score (nSPS) is 9.00. The fourth-order valence-electron chi connectivity index (χ4n) is 0.892. The smallest absolute Gasteiger partial charge is 0.142 e. The minimum absolute atomic E-state index is 0.520. The fourth-order valence-corrected chi connectivity index (χ4v) is 0.892. The highest BCUT2D eigenvalue weighted by molar-refractivity contribution is 5.85. The zero-order valence-corrected chi connectivity index (χ0v) is 7.49. The van der Waals surface area contributed by atoms with Crippen LogP contribution in [-0.2, 0) is 0 Å². The molecule has 2 rings (SSSR count). The second-order valence-corrected chi connectivity index (χ2v) is 2.41. The predicted molar refractivity (Wildman–Crippen MR) is 54.2 cm³/mol. The van der Waals surface area contributed by atoms with Crippen LogP contribution in [0, 0.1) is 0 Å². The van der Waals surface area contributed by atoms with Gasteiger partial charge in [-0.05, 0) is 13.0 Å². The third kappa shape index (κ3) is 2.05. The molecule has 2 heterocycles. The van der Waals surface area contributed by atoms with E-state index in [9.17, 15) is 0 Å². The molecule has 0 atom stereocenters. The van der Waals surface area contributed by atoms with Crippen LogP contribution in [0.5, 0.6) is 0 Å². The monoisotopic (exact) mass is 176 g/mol. The lowest BCUT2D eigenvalue weighted by molar-refractivity contribution is 1.21. The Balaban J connectivity index is 0.000000251. The summed E-state index contributed by atoms with van der Waals surface area (Å²) in [5, 5.41) is 0.877. The number of nitrogens with zero attached hydrogens (tertiary/aromatic N) is 2. The number of allylic oxidation sites excluding steroid dienone is 1. The van der Waals surface area contributed by atoms with Gasteiger partial charge in [-0.15, -0.1) is 6.58 Å². The van der Waals surface area contributed by atoms with Gasteiger partial charge >= 0.3 is 0 Å². The van der Waals surface area contributed by atoms with Crippen molar-refractivity contribution in [2.75, 3.05) is 5.73 Å². The summed E-state index contributed by atoms with van der Waals surface area (Å²) in [6.07, 6.45) is 4.98. The van der Waals surface area contributed by atoms with Crippen molar-refractivity contribution in [1.82, 2.24) is 15.0 Å². The van der Waals surface area contributed by atoms with Crippen LogP contribution in [0.1, 0.15) is 6.92 Å². The molecule has 2 aromatic rings. The van der Waals surface area contributed by atoms with Gasteiger partial charge in [-0.1, -0.05) is 6.08 Å². The van der Waals surface area contributed by atoms with Crippen LogP contribution in [0.2, 0.25) is 0 Å². The molecule has 0 aromatic carbocycles. The summed E-state index contributed by atoms with van der Waals surface area (Å²) in [7, 11) is 0. The number of aromatic amines is 1. The Morgan fingerprint density at radius 3 is 2.85 bits per heavy atom. The number of H-pyrrole nitrogens is 1. The average Bonchev–Trinajstić information content (AvgIpc) is 2.54. The highest BCUT2D eigenvalue weighted by Crippen LogP contribution is 2.12. The Morgan fingerprint density at radius 1 is 1.54 bits per heavy atom. The van der Waals surface area contributed by atoms with Crippen molar-refractivity contribution in [2.24, 2.45) is 0 Å². The maximum absolute atomic E-state index is 5.53. The van der Waals surface area contributed by atoms with Gasteiger partial charge in [-0.3, -0.25) is 0 Å². The number of rotatable bonds is 0. The van der Waals surface area contributed by atoms with E-state index in [2.05, 4.69) is 21.5 Å². The van der Waals surface area contributed by atoms with E-state index in [0.717, 1.165) is 11.0 Å². The third-order valence-electron chi connectivity index (χ3n) is 1.38. The van der Waals surface area contributed by atoms with E-state index in [1.54, 1.807) is 12.3 Å². The molecule has 0 saturated carbocycles. The fraction of sp³-hybridized carbons (Fsp3) is 0.111. The first-order valence-electron chi connectivity index (χ1n) is 3.90. The standard InChI is InChI=1S/C6H6N4.C3H6/c7-5-4-1-2-8-6(4)10-3-9-5;1-3-2/h1-3H,(H3,7,8,9,10);3H,1H2,2H3. The van der Waals surface area contributed by atoms with Gasteiger partial charge in [0.2, 0.25) is 0 Å². The summed E-state index contributed by atoms with van der Waals surface area (Å²) < 4.78 is 0. The zero-order valence-electron chi connectivity index (χ0n) is 7.49. The molecule has 0 radical (unpaired) electrons. The Hall–Kier alpha value is -1.84. The molecule has 0 aliphatic rings. The number of hydrogen-bond acceptors (Lipinski definition) is 3. The molecule has 4 heteroatoms. The van der Waals surface area contributed by atoms with Crippen molar-refractivity contribution in [2.45, 2.75) is 6.92 Å². The number of fused-ring (bicyclic) bond motifs is 1. The van der Waals surface area contributed by atoms with Gasteiger partial charge in [0.25, 0.3) is 0 Å². The van der Waals surface area contributed by atoms with Crippen LogP contribution in [0.15, 0.2) is 31.2 Å². The highest BCUT2D eigenvalue weighted by atomic mass is 15.0. The molecule has 0 fully saturated rings. The average molecular weight is 176 g/mol. The van der Waals surface area contributed by atoms with E-state index in [4.69, 9.17) is 5.73 Å². The summed E-state index contributed by atoms with van der Waals surface area (Å²) in [5.74, 6) is 0.520. The van der Waals surface area contributed by atoms with Crippen LogP contribution in [0.25, 0.3) is 11.0 Å². The van der Waals surface area contributed by atoms with Gasteiger partial charge in [-0.25, -0.2) is 9.97 Å². The van der Waals surface area contributed by atoms with Gasteiger partial charge in [-0.2, -0.15) is 0 Å². The molecule has 0 amide bonds. The van der Waals surface area contributed by atoms with E-state index >= 15 is 0 Å². The minimum Gasteiger partial charge on any atom is -0.383 e. The first-order chi connectivity index (χ1) is 6.29. The van der Waals surface area contributed by atoms with Crippen molar-refractivity contribution >= 4 is 16.9 Å². The molecule has 13 heavy (non-hydrogen) atoms. The minimum atomic E-state index is 0.520. The molecular weight excluding hydrogens is 164 g/mol. The molecule has 68 valence electrons. The maximum Gasteiger partial charge on any atom is 0.142 e. The summed E-state index contributed by atoms with van der Waals surface area (Å²) >= 11 is 0. The predicted octanol–water partition coefficient (Wildman–Crippen LogP) is 1.73. The first-order valence-corrected chi connectivity index (χ1v) is 3.90. The molecule has 0 aliphatic heterocycles. The van der Waals surface area contributed by atoms with E-state index in [1.165, 1.54) is 6.33 Å². The van der Waals surface area contributed by atoms with Gasteiger partial charge in [0, 0.05) is 6.20 Å². The molecular formula is C9H12N4. The van der Waals surface area contributed by atoms with Crippen molar-refractivity contribution < 1.29 is 0 Å². The number of nitrogen functional groups attached to an aromatic ring is 1. The first kappa shape index (κ1) is 9.25. The number of anilines is 1. The van der Waals surface area contributed by atoms with Crippen LogP contribution >= 0.6 is 0 Å². The molecule has 0 saturated heterocycles. The Kier molecular flexibility index (Phi) is 3.03. The topological polar surface area (TPSA) is 67.6 Å². The van der Waals surface area contributed by atoms with Gasteiger partial charge in [0.05, 0.1) is 5.39 Å². The van der Waals surface area contributed by atoms with Crippen LogP contribution in [0.3, 0.4) is 0 Å². The number of hydrogen-bond donors (Lipinski definition) is 2. The van der Waals surface area contributed by atoms with E-state index in [-0.39, 0.29) is 0 Å². The Morgan fingerprint density at radius 2 is 2.23 bits per heavy atom. The lowest BCUT2D eigenvalue weighted by Gasteiger charge is -1.90. The summed E-state index contributed by atoms with van der Waals surface area (Å²) in [6.45, 7) is 5.25. The van der Waals surface area contributed by atoms with Crippen molar-refractivity contribution in [3.05, 3.63) is 31.2 Å². The molecule has 0 spiro atoms. The largest absolute Gasteiger partial charge is 0.383 e. The molecule has 2 aromatic heterocycles. The summed E-state index contributed by atoms with van der Waals surface area (Å²) in [6, 6.07) is 1.85. The number of nitrogens with one attached hydrogen (secondary N) is 1. The number of aromatic nitrogens is 3. The zero-order chi connectivity index (χ0) is 9.68. The van der Waals surface area contributed by atoms with E-state index in [1.807, 2.05) is 13.0 Å². The van der Waals surface area contributed by atoms with Gasteiger partial charge < -0.3 is 10.7 Å². The van der Waals surface area contributed by atoms with Gasteiger partial charge in [0.1, 0.15) is 17.8 Å². The van der Waals surface area contributed by atoms with Crippen LogP contribution < -0.4 is 5.73 Å². The van der Waals surface area contributed by atoms with Crippen LogP contribution in [-0.4, -0.2) is 15.0 Å². The van der Waals surface area contributed by atoms with Crippen molar-refractivity contribution in [3.8, 4) is 0 Å². The molecule has 0 bridgehead atoms. The Labute approximate surface area is 76.5 Å². The van der Waals surface area contributed by atoms with Crippen molar-refractivity contribution in [3.63, 3.8) is 0 Å².